The van der Waals surface area contributed by atoms with E-state index in [2.05, 4.69) is 10.3 Å². The van der Waals surface area contributed by atoms with E-state index >= 15 is 0 Å². The summed E-state index contributed by atoms with van der Waals surface area (Å²) in [6, 6.07) is 3.25. The molecule has 120 valence electrons. The Labute approximate surface area is 129 Å². The normalized spacial score (nSPS) is 22.1. The van der Waals surface area contributed by atoms with E-state index in [1.165, 1.54) is 13.2 Å². The molecule has 1 aliphatic heterocycles. The molecule has 2 atom stereocenters. The summed E-state index contributed by atoms with van der Waals surface area (Å²) < 4.78 is 20.8. The lowest BCUT2D eigenvalue weighted by Crippen LogP contribution is -2.44. The first kappa shape index (κ1) is 15.2. The molecule has 1 aromatic carbocycles. The van der Waals surface area contributed by atoms with Crippen LogP contribution in [0, 0.1) is 5.82 Å². The van der Waals surface area contributed by atoms with Crippen LogP contribution in [0.2, 0.25) is 0 Å². The minimum absolute atomic E-state index is 0.167. The molecule has 2 heterocycles. The van der Waals surface area contributed by atoms with E-state index < -0.39 is 0 Å². The fraction of sp³-hybridized carbons (Fsp3) is 0.562. The summed E-state index contributed by atoms with van der Waals surface area (Å²) in [5, 5.41) is 13.3. The van der Waals surface area contributed by atoms with Crippen LogP contribution in [0.1, 0.15) is 25.7 Å². The molecule has 1 saturated heterocycles. The van der Waals surface area contributed by atoms with Gasteiger partial charge in [0.1, 0.15) is 0 Å². The molecule has 5 nitrogen and oxygen atoms in total. The predicted octanol–water partition coefficient (Wildman–Crippen LogP) is 2.08. The van der Waals surface area contributed by atoms with Gasteiger partial charge < -0.3 is 19.7 Å². The highest BCUT2D eigenvalue weighted by Gasteiger charge is 2.21. The van der Waals surface area contributed by atoms with E-state index in [9.17, 15) is 9.50 Å². The van der Waals surface area contributed by atoms with Gasteiger partial charge in [-0.2, -0.15) is 0 Å². The number of aromatic nitrogens is 2. The SMILES string of the molecule is COc1cc2ncn(CCC[C@H]3NCCC[C@@H]3O)c2cc1F. The number of nitrogens with zero attached hydrogens (tertiary/aromatic N) is 2. The molecule has 22 heavy (non-hydrogen) atoms. The van der Waals surface area contributed by atoms with Crippen LogP contribution in [0.5, 0.6) is 5.75 Å². The van der Waals surface area contributed by atoms with E-state index in [0.717, 1.165) is 49.8 Å². The van der Waals surface area contributed by atoms with Gasteiger partial charge in [-0.15, -0.1) is 0 Å². The monoisotopic (exact) mass is 307 g/mol. The number of hydrogen-bond acceptors (Lipinski definition) is 4. The van der Waals surface area contributed by atoms with Crippen molar-refractivity contribution in [3.8, 4) is 5.75 Å². The highest BCUT2D eigenvalue weighted by molar-refractivity contribution is 5.77. The van der Waals surface area contributed by atoms with Gasteiger partial charge in [-0.05, 0) is 32.2 Å². The quantitative estimate of drug-likeness (QED) is 0.888. The molecular formula is C16H22FN3O2. The lowest BCUT2D eigenvalue weighted by Gasteiger charge is -2.29. The van der Waals surface area contributed by atoms with Crippen molar-refractivity contribution in [2.24, 2.45) is 0 Å². The number of hydrogen-bond donors (Lipinski definition) is 2. The Balaban J connectivity index is 1.65. The summed E-state index contributed by atoms with van der Waals surface area (Å²) in [4.78, 5) is 4.30. The number of nitrogens with one attached hydrogen (secondary N) is 1. The number of aryl methyl sites for hydroxylation is 1. The number of aliphatic hydroxyl groups excluding tert-OH is 1. The van der Waals surface area contributed by atoms with Gasteiger partial charge in [-0.3, -0.25) is 0 Å². The van der Waals surface area contributed by atoms with Crippen molar-refractivity contribution >= 4 is 11.0 Å². The van der Waals surface area contributed by atoms with Gasteiger partial charge >= 0.3 is 0 Å². The summed E-state index contributed by atoms with van der Waals surface area (Å²) in [5.41, 5.74) is 1.50. The lowest BCUT2D eigenvalue weighted by molar-refractivity contribution is 0.0909. The molecule has 1 aliphatic rings. The number of imidazole rings is 1. The zero-order valence-electron chi connectivity index (χ0n) is 12.8. The van der Waals surface area contributed by atoms with Crippen molar-refractivity contribution in [2.75, 3.05) is 13.7 Å². The van der Waals surface area contributed by atoms with Gasteiger partial charge in [-0.25, -0.2) is 9.37 Å². The lowest BCUT2D eigenvalue weighted by atomic mass is 9.97. The Hall–Kier alpha value is -1.66. The molecule has 0 bridgehead atoms. The Morgan fingerprint density at radius 2 is 2.36 bits per heavy atom. The molecule has 0 saturated carbocycles. The van der Waals surface area contributed by atoms with Crippen LogP contribution in [-0.2, 0) is 6.54 Å². The van der Waals surface area contributed by atoms with E-state index in [1.54, 1.807) is 12.4 Å². The van der Waals surface area contributed by atoms with E-state index in [4.69, 9.17) is 4.74 Å². The first-order valence-electron chi connectivity index (χ1n) is 7.79. The Morgan fingerprint density at radius 1 is 1.50 bits per heavy atom. The van der Waals surface area contributed by atoms with Crippen molar-refractivity contribution in [1.82, 2.24) is 14.9 Å². The summed E-state index contributed by atoms with van der Waals surface area (Å²) in [5.74, 6) is -0.159. The van der Waals surface area contributed by atoms with Crippen LogP contribution < -0.4 is 10.1 Å². The van der Waals surface area contributed by atoms with Crippen LogP contribution in [0.25, 0.3) is 11.0 Å². The Morgan fingerprint density at radius 3 is 3.14 bits per heavy atom. The van der Waals surface area contributed by atoms with Gasteiger partial charge in [0, 0.05) is 24.7 Å². The number of halogens is 1. The third kappa shape index (κ3) is 3.08. The average molecular weight is 307 g/mol. The zero-order chi connectivity index (χ0) is 15.5. The summed E-state index contributed by atoms with van der Waals surface area (Å²) >= 11 is 0. The molecule has 0 radical (unpaired) electrons. The van der Waals surface area contributed by atoms with Crippen molar-refractivity contribution < 1.29 is 14.2 Å². The standard InChI is InChI=1S/C16H22FN3O2/c1-22-16-9-13-14(8-11(16)17)20(10-19-13)7-3-4-12-15(21)5-2-6-18-12/h8-10,12,15,18,21H,2-7H2,1H3/t12-,15+/m1/s1. The fourth-order valence-corrected chi connectivity index (χ4v) is 3.11. The largest absolute Gasteiger partial charge is 0.494 e. The molecule has 1 fully saturated rings. The van der Waals surface area contributed by atoms with Gasteiger partial charge in [0.25, 0.3) is 0 Å². The predicted molar refractivity (Wildman–Crippen MR) is 82.5 cm³/mol. The minimum atomic E-state index is -0.374. The molecule has 1 aromatic heterocycles. The Bertz CT molecular complexity index is 644. The number of benzene rings is 1. The van der Waals surface area contributed by atoms with Crippen molar-refractivity contribution in [1.29, 1.82) is 0 Å². The van der Waals surface area contributed by atoms with Crippen LogP contribution >= 0.6 is 0 Å². The Kier molecular flexibility index (Phi) is 4.59. The highest BCUT2D eigenvalue weighted by atomic mass is 19.1. The maximum absolute atomic E-state index is 13.8. The van der Waals surface area contributed by atoms with E-state index in [0.29, 0.717) is 0 Å². The second-order valence-electron chi connectivity index (χ2n) is 5.83. The number of ether oxygens (including phenoxy) is 1. The number of methoxy groups -OCH3 is 1. The molecule has 0 amide bonds. The fourth-order valence-electron chi connectivity index (χ4n) is 3.11. The topological polar surface area (TPSA) is 59.3 Å². The molecule has 0 aliphatic carbocycles. The maximum Gasteiger partial charge on any atom is 0.167 e. The average Bonchev–Trinajstić information content (AvgIpc) is 2.90. The van der Waals surface area contributed by atoms with E-state index in [1.807, 2.05) is 4.57 Å². The smallest absolute Gasteiger partial charge is 0.167 e. The van der Waals surface area contributed by atoms with Crippen molar-refractivity contribution in [3.05, 3.63) is 24.3 Å². The summed E-state index contributed by atoms with van der Waals surface area (Å²) in [6.45, 7) is 1.73. The molecule has 2 N–H and O–H groups in total. The molecule has 0 spiro atoms. The van der Waals surface area contributed by atoms with Crippen LogP contribution in [0.15, 0.2) is 18.5 Å². The molecular weight excluding hydrogens is 285 g/mol. The van der Waals surface area contributed by atoms with Gasteiger partial charge in [0.2, 0.25) is 0 Å². The van der Waals surface area contributed by atoms with Gasteiger partial charge in [-0.1, -0.05) is 0 Å². The van der Waals surface area contributed by atoms with Crippen LogP contribution in [0.3, 0.4) is 0 Å². The first-order chi connectivity index (χ1) is 10.7. The summed E-state index contributed by atoms with van der Waals surface area (Å²) in [6.07, 6.45) is 5.19. The number of rotatable bonds is 5. The number of piperidine rings is 1. The second-order valence-corrected chi connectivity index (χ2v) is 5.83. The van der Waals surface area contributed by atoms with Crippen molar-refractivity contribution in [3.63, 3.8) is 0 Å². The molecule has 3 rings (SSSR count). The summed E-state index contributed by atoms with van der Waals surface area (Å²) in [7, 11) is 1.45. The third-order valence-electron chi connectivity index (χ3n) is 4.36. The first-order valence-corrected chi connectivity index (χ1v) is 7.79. The number of aliphatic hydroxyl groups is 1. The highest BCUT2D eigenvalue weighted by Crippen LogP contribution is 2.24. The van der Waals surface area contributed by atoms with E-state index in [-0.39, 0.29) is 23.7 Å². The van der Waals surface area contributed by atoms with Crippen LogP contribution in [-0.4, -0.2) is 40.5 Å². The van der Waals surface area contributed by atoms with Gasteiger partial charge in [0.05, 0.1) is 30.6 Å². The van der Waals surface area contributed by atoms with Gasteiger partial charge in [0.15, 0.2) is 11.6 Å². The molecule has 6 heteroatoms. The third-order valence-corrected chi connectivity index (χ3v) is 4.36. The number of fused-ring (bicyclic) bond motifs is 1. The minimum Gasteiger partial charge on any atom is -0.494 e. The van der Waals surface area contributed by atoms with Crippen LogP contribution in [0.4, 0.5) is 4.39 Å². The molecule has 2 aromatic rings. The molecule has 0 unspecified atom stereocenters. The van der Waals surface area contributed by atoms with Crippen molar-refractivity contribution in [2.45, 2.75) is 44.4 Å². The maximum atomic E-state index is 13.8. The second kappa shape index (κ2) is 6.62. The zero-order valence-corrected chi connectivity index (χ0v) is 12.8.